The summed E-state index contributed by atoms with van der Waals surface area (Å²) in [5.41, 5.74) is 3.97. The molecule has 2 heterocycles. The summed E-state index contributed by atoms with van der Waals surface area (Å²) in [4.78, 5) is 14.7. The van der Waals surface area contributed by atoms with Gasteiger partial charge in [0.25, 0.3) is 0 Å². The normalized spacial score (nSPS) is 17.6. The van der Waals surface area contributed by atoms with Crippen molar-refractivity contribution >= 4 is 11.6 Å². The maximum absolute atomic E-state index is 13.7. The van der Waals surface area contributed by atoms with E-state index in [-0.39, 0.29) is 11.6 Å². The first kappa shape index (κ1) is 20.5. The molecule has 1 saturated heterocycles. The molecular weight excluding hydrogens is 355 g/mol. The van der Waals surface area contributed by atoms with E-state index in [1.165, 1.54) is 17.3 Å². The molecule has 1 aromatic carbocycles. The molecule has 28 heavy (non-hydrogen) atoms. The summed E-state index contributed by atoms with van der Waals surface area (Å²) in [5, 5.41) is 7.31. The third-order valence-electron chi connectivity index (χ3n) is 5.74. The van der Waals surface area contributed by atoms with Crippen LogP contribution in [-0.4, -0.2) is 33.7 Å². The molecule has 0 spiro atoms. The van der Waals surface area contributed by atoms with Gasteiger partial charge in [-0.3, -0.25) is 14.4 Å². The minimum atomic E-state index is -0.391. The van der Waals surface area contributed by atoms with Gasteiger partial charge in [0.15, 0.2) is 0 Å². The standard InChI is InChI=1S/C22H31FN4O/c1-4-27-17(3)19(16(2)25-27)15-26-13-7-8-18(14-26)11-12-22(28)24-21-10-6-5-9-20(21)23/h5-6,9-10,18H,4,7-8,11-15H2,1-3H3,(H,24,28)/t18-/m1/s1. The van der Waals surface area contributed by atoms with Gasteiger partial charge in [-0.05, 0) is 64.6 Å². The number of hydrogen-bond donors (Lipinski definition) is 1. The maximum atomic E-state index is 13.7. The number of anilines is 1. The number of nitrogens with zero attached hydrogens (tertiary/aromatic N) is 3. The molecule has 0 bridgehead atoms. The van der Waals surface area contributed by atoms with Crippen molar-refractivity contribution < 1.29 is 9.18 Å². The number of amides is 1. The van der Waals surface area contributed by atoms with Crippen molar-refractivity contribution in [2.75, 3.05) is 18.4 Å². The van der Waals surface area contributed by atoms with Gasteiger partial charge in [-0.2, -0.15) is 5.10 Å². The van der Waals surface area contributed by atoms with Crippen LogP contribution in [-0.2, 0) is 17.9 Å². The zero-order chi connectivity index (χ0) is 20.1. The minimum absolute atomic E-state index is 0.113. The fraction of sp³-hybridized carbons (Fsp3) is 0.545. The van der Waals surface area contributed by atoms with E-state index >= 15 is 0 Å². The van der Waals surface area contributed by atoms with Crippen molar-refractivity contribution in [3.05, 3.63) is 47.0 Å². The van der Waals surface area contributed by atoms with E-state index in [0.29, 0.717) is 12.3 Å². The fourth-order valence-corrected chi connectivity index (χ4v) is 4.14. The van der Waals surface area contributed by atoms with E-state index < -0.39 is 5.82 Å². The molecule has 0 radical (unpaired) electrons. The maximum Gasteiger partial charge on any atom is 0.224 e. The molecule has 0 unspecified atom stereocenters. The fourth-order valence-electron chi connectivity index (χ4n) is 4.14. The summed E-state index contributed by atoms with van der Waals surface area (Å²) >= 11 is 0. The molecule has 1 amide bonds. The molecule has 0 aliphatic carbocycles. The van der Waals surface area contributed by atoms with Crippen molar-refractivity contribution in [2.45, 2.75) is 59.5 Å². The first-order chi connectivity index (χ1) is 13.5. The van der Waals surface area contributed by atoms with Crippen LogP contribution in [0, 0.1) is 25.6 Å². The Morgan fingerprint density at radius 3 is 2.82 bits per heavy atom. The molecule has 152 valence electrons. The molecule has 3 rings (SSSR count). The second-order valence-electron chi connectivity index (χ2n) is 7.78. The van der Waals surface area contributed by atoms with Crippen LogP contribution in [0.15, 0.2) is 24.3 Å². The third-order valence-corrected chi connectivity index (χ3v) is 5.74. The summed E-state index contributed by atoms with van der Waals surface area (Å²) in [6.45, 7) is 10.3. The lowest BCUT2D eigenvalue weighted by Gasteiger charge is -2.32. The minimum Gasteiger partial charge on any atom is -0.324 e. The molecule has 1 aliphatic heterocycles. The van der Waals surface area contributed by atoms with Gasteiger partial charge in [0.2, 0.25) is 5.91 Å². The van der Waals surface area contributed by atoms with Gasteiger partial charge in [-0.15, -0.1) is 0 Å². The summed E-state index contributed by atoms with van der Waals surface area (Å²) in [7, 11) is 0. The van der Waals surface area contributed by atoms with Gasteiger partial charge in [0.05, 0.1) is 11.4 Å². The lowest BCUT2D eigenvalue weighted by atomic mass is 9.93. The highest BCUT2D eigenvalue weighted by Crippen LogP contribution is 2.24. The number of carbonyl (C=O) groups is 1. The van der Waals surface area contributed by atoms with E-state index in [1.54, 1.807) is 18.2 Å². The topological polar surface area (TPSA) is 50.2 Å². The predicted octanol–water partition coefficient (Wildman–Crippen LogP) is 4.29. The van der Waals surface area contributed by atoms with E-state index in [4.69, 9.17) is 0 Å². The highest BCUT2D eigenvalue weighted by Gasteiger charge is 2.23. The van der Waals surface area contributed by atoms with E-state index in [2.05, 4.69) is 40.8 Å². The molecule has 6 heteroatoms. The summed E-state index contributed by atoms with van der Waals surface area (Å²) < 4.78 is 15.7. The summed E-state index contributed by atoms with van der Waals surface area (Å²) in [6.07, 6.45) is 3.57. The first-order valence-corrected chi connectivity index (χ1v) is 10.3. The van der Waals surface area contributed by atoms with Crippen LogP contribution >= 0.6 is 0 Å². The lowest BCUT2D eigenvalue weighted by Crippen LogP contribution is -2.35. The number of nitrogens with one attached hydrogen (secondary N) is 1. The molecule has 2 aromatic rings. The second kappa shape index (κ2) is 9.32. The number of benzene rings is 1. The van der Waals surface area contributed by atoms with Crippen molar-refractivity contribution in [1.82, 2.24) is 14.7 Å². The highest BCUT2D eigenvalue weighted by atomic mass is 19.1. The Bertz CT molecular complexity index is 817. The zero-order valence-electron chi connectivity index (χ0n) is 17.2. The molecule has 0 saturated carbocycles. The van der Waals surface area contributed by atoms with Crippen molar-refractivity contribution in [2.24, 2.45) is 5.92 Å². The quantitative estimate of drug-likeness (QED) is 0.772. The zero-order valence-corrected chi connectivity index (χ0v) is 17.2. The second-order valence-corrected chi connectivity index (χ2v) is 7.78. The number of aromatic nitrogens is 2. The number of rotatable bonds is 7. The number of likely N-dealkylation sites (tertiary alicyclic amines) is 1. The average Bonchev–Trinajstić information content (AvgIpc) is 2.96. The van der Waals surface area contributed by atoms with Gasteiger partial charge >= 0.3 is 0 Å². The van der Waals surface area contributed by atoms with Gasteiger partial charge in [-0.1, -0.05) is 12.1 Å². The van der Waals surface area contributed by atoms with Crippen LogP contribution in [0.3, 0.4) is 0 Å². The Hall–Kier alpha value is -2.21. The monoisotopic (exact) mass is 386 g/mol. The Morgan fingerprint density at radius 2 is 2.11 bits per heavy atom. The van der Waals surface area contributed by atoms with Gasteiger partial charge in [-0.25, -0.2) is 4.39 Å². The van der Waals surface area contributed by atoms with Crippen LogP contribution in [0.2, 0.25) is 0 Å². The molecule has 1 N–H and O–H groups in total. The Kier molecular flexibility index (Phi) is 6.83. The van der Waals surface area contributed by atoms with Crippen molar-refractivity contribution in [1.29, 1.82) is 0 Å². The largest absolute Gasteiger partial charge is 0.324 e. The molecule has 1 aliphatic rings. The number of carbonyl (C=O) groups excluding carboxylic acids is 1. The lowest BCUT2D eigenvalue weighted by molar-refractivity contribution is -0.116. The number of piperidine rings is 1. The number of aryl methyl sites for hydroxylation is 2. The van der Waals surface area contributed by atoms with Crippen molar-refractivity contribution in [3.8, 4) is 0 Å². The van der Waals surface area contributed by atoms with Gasteiger partial charge in [0, 0.05) is 37.3 Å². The molecule has 1 atom stereocenters. The highest BCUT2D eigenvalue weighted by molar-refractivity contribution is 5.90. The number of para-hydroxylation sites is 1. The Labute approximate surface area is 166 Å². The summed E-state index contributed by atoms with van der Waals surface area (Å²) in [5.74, 6) is -0.00172. The molecule has 1 fully saturated rings. The van der Waals surface area contributed by atoms with Gasteiger partial charge in [0.1, 0.15) is 5.82 Å². The van der Waals surface area contributed by atoms with Crippen LogP contribution in [0.1, 0.15) is 49.6 Å². The van der Waals surface area contributed by atoms with Gasteiger partial charge < -0.3 is 5.32 Å². The first-order valence-electron chi connectivity index (χ1n) is 10.3. The smallest absolute Gasteiger partial charge is 0.224 e. The molecule has 5 nitrogen and oxygen atoms in total. The van der Waals surface area contributed by atoms with Crippen LogP contribution in [0.25, 0.3) is 0 Å². The molecule has 1 aromatic heterocycles. The van der Waals surface area contributed by atoms with Crippen LogP contribution in [0.4, 0.5) is 10.1 Å². The van der Waals surface area contributed by atoms with E-state index in [0.717, 1.165) is 51.1 Å². The van der Waals surface area contributed by atoms with Crippen LogP contribution < -0.4 is 5.32 Å². The average molecular weight is 387 g/mol. The third kappa shape index (κ3) is 4.98. The summed E-state index contributed by atoms with van der Waals surface area (Å²) in [6, 6.07) is 6.30. The molecular formula is C22H31FN4O. The Balaban J connectivity index is 1.50. The van der Waals surface area contributed by atoms with E-state index in [9.17, 15) is 9.18 Å². The van der Waals surface area contributed by atoms with E-state index in [1.807, 2.05) is 0 Å². The predicted molar refractivity (Wildman–Crippen MR) is 110 cm³/mol. The SMILES string of the molecule is CCn1nc(C)c(CN2CCC[C@H](CCC(=O)Nc3ccccc3F)C2)c1C. The number of hydrogen-bond acceptors (Lipinski definition) is 3. The van der Waals surface area contributed by atoms with Crippen LogP contribution in [0.5, 0.6) is 0 Å². The number of halogens is 1. The Morgan fingerprint density at radius 1 is 1.32 bits per heavy atom. The van der Waals surface area contributed by atoms with Crippen molar-refractivity contribution in [3.63, 3.8) is 0 Å².